The van der Waals surface area contributed by atoms with Crippen LogP contribution in [-0.4, -0.2) is 34.0 Å². The molecule has 2 aromatic rings. The highest BCUT2D eigenvalue weighted by atomic mass is 16.2. The van der Waals surface area contributed by atoms with Gasteiger partial charge < -0.3 is 0 Å². The maximum atomic E-state index is 12.7. The number of aldehydes is 2. The van der Waals surface area contributed by atoms with Crippen molar-refractivity contribution in [2.45, 2.75) is 19.8 Å². The van der Waals surface area contributed by atoms with Crippen molar-refractivity contribution in [1.82, 2.24) is 9.66 Å². The van der Waals surface area contributed by atoms with Gasteiger partial charge in [-0.15, -0.1) is 0 Å². The van der Waals surface area contributed by atoms with E-state index in [1.165, 1.54) is 0 Å². The standard InChI is InChI=1S/C16H13N3O4/c1-2-4-10-5-3-6-11-14(10)16(23)19(15(11)22)18-9-17-12(7-20)13(18)8-21/h3,5-9H,2,4H2,1H3. The van der Waals surface area contributed by atoms with Gasteiger partial charge in [0.05, 0.1) is 11.1 Å². The molecule has 0 atom stereocenters. The Morgan fingerprint density at radius 3 is 2.57 bits per heavy atom. The van der Waals surface area contributed by atoms with Crippen molar-refractivity contribution in [2.75, 3.05) is 5.01 Å². The first-order valence-corrected chi connectivity index (χ1v) is 7.12. The molecule has 2 heterocycles. The van der Waals surface area contributed by atoms with E-state index in [0.717, 1.165) is 28.0 Å². The van der Waals surface area contributed by atoms with Crippen molar-refractivity contribution in [2.24, 2.45) is 0 Å². The van der Waals surface area contributed by atoms with E-state index in [-0.39, 0.29) is 11.4 Å². The number of fused-ring (bicyclic) bond motifs is 1. The molecule has 116 valence electrons. The van der Waals surface area contributed by atoms with Gasteiger partial charge in [0, 0.05) is 0 Å². The Kier molecular flexibility index (Phi) is 3.61. The van der Waals surface area contributed by atoms with Crippen LogP contribution in [0.5, 0.6) is 0 Å². The quantitative estimate of drug-likeness (QED) is 0.615. The monoisotopic (exact) mass is 311 g/mol. The van der Waals surface area contributed by atoms with Crippen molar-refractivity contribution >= 4 is 24.4 Å². The van der Waals surface area contributed by atoms with Crippen molar-refractivity contribution in [3.63, 3.8) is 0 Å². The fourth-order valence-electron chi connectivity index (χ4n) is 2.74. The molecule has 0 saturated heterocycles. The van der Waals surface area contributed by atoms with Crippen LogP contribution in [-0.2, 0) is 6.42 Å². The first-order valence-electron chi connectivity index (χ1n) is 7.12. The van der Waals surface area contributed by atoms with Gasteiger partial charge >= 0.3 is 0 Å². The molecule has 0 fully saturated rings. The smallest absolute Gasteiger partial charge is 0.281 e. The molecular formula is C16H13N3O4. The van der Waals surface area contributed by atoms with Gasteiger partial charge in [0.2, 0.25) is 0 Å². The number of amides is 2. The molecule has 7 nitrogen and oxygen atoms in total. The number of hydrogen-bond acceptors (Lipinski definition) is 5. The molecule has 0 spiro atoms. The van der Waals surface area contributed by atoms with Crippen LogP contribution in [0.4, 0.5) is 0 Å². The van der Waals surface area contributed by atoms with E-state index >= 15 is 0 Å². The predicted octanol–water partition coefficient (Wildman–Crippen LogP) is 1.39. The average Bonchev–Trinajstić information content (AvgIpc) is 3.07. The topological polar surface area (TPSA) is 89.3 Å². The number of imidazole rings is 1. The minimum atomic E-state index is -0.541. The van der Waals surface area contributed by atoms with E-state index in [4.69, 9.17) is 0 Å². The Hall–Kier alpha value is -3.09. The Morgan fingerprint density at radius 2 is 1.91 bits per heavy atom. The van der Waals surface area contributed by atoms with Gasteiger partial charge in [-0.2, -0.15) is 5.01 Å². The second-order valence-electron chi connectivity index (χ2n) is 5.11. The molecule has 7 heteroatoms. The van der Waals surface area contributed by atoms with Crippen molar-refractivity contribution in [3.8, 4) is 0 Å². The van der Waals surface area contributed by atoms with Gasteiger partial charge in [0.1, 0.15) is 17.7 Å². The fraction of sp³-hybridized carbons (Fsp3) is 0.188. The Morgan fingerprint density at radius 1 is 1.13 bits per heavy atom. The van der Waals surface area contributed by atoms with E-state index in [1.807, 2.05) is 13.0 Å². The summed E-state index contributed by atoms with van der Waals surface area (Å²) in [6.45, 7) is 1.98. The van der Waals surface area contributed by atoms with Gasteiger partial charge in [-0.05, 0) is 18.1 Å². The summed E-state index contributed by atoms with van der Waals surface area (Å²) in [5, 5.41) is 0.841. The lowest BCUT2D eigenvalue weighted by molar-refractivity contribution is 0.0883. The molecule has 1 aliphatic rings. The molecule has 0 aliphatic carbocycles. The Bertz CT molecular complexity index is 838. The minimum Gasteiger partial charge on any atom is -0.296 e. The normalized spacial score (nSPS) is 13.3. The van der Waals surface area contributed by atoms with Crippen LogP contribution in [0.25, 0.3) is 0 Å². The number of carbonyl (C=O) groups is 4. The Labute approximate surface area is 131 Å². The molecule has 0 bridgehead atoms. The zero-order valence-corrected chi connectivity index (χ0v) is 12.4. The summed E-state index contributed by atoms with van der Waals surface area (Å²) in [7, 11) is 0. The molecule has 3 rings (SSSR count). The van der Waals surface area contributed by atoms with Crippen LogP contribution in [0.1, 0.15) is 60.6 Å². The SMILES string of the molecule is CCCc1cccc2c1C(=O)N(n1cnc(C=O)c1C=O)C2=O. The maximum absolute atomic E-state index is 12.7. The van der Waals surface area contributed by atoms with Gasteiger partial charge in [-0.25, -0.2) is 9.66 Å². The number of benzene rings is 1. The summed E-state index contributed by atoms with van der Waals surface area (Å²) >= 11 is 0. The lowest BCUT2D eigenvalue weighted by atomic mass is 9.99. The first-order chi connectivity index (χ1) is 11.1. The van der Waals surface area contributed by atoms with Crippen LogP contribution in [0.2, 0.25) is 0 Å². The van der Waals surface area contributed by atoms with Gasteiger partial charge in [0.25, 0.3) is 11.8 Å². The molecule has 1 aromatic carbocycles. The third kappa shape index (κ3) is 2.09. The highest BCUT2D eigenvalue weighted by molar-refractivity contribution is 6.31. The van der Waals surface area contributed by atoms with Crippen LogP contribution < -0.4 is 5.01 Å². The maximum Gasteiger partial charge on any atom is 0.281 e. The lowest BCUT2D eigenvalue weighted by Gasteiger charge is -2.15. The minimum absolute atomic E-state index is 0.120. The number of aryl methyl sites for hydroxylation is 1. The van der Waals surface area contributed by atoms with E-state index in [1.54, 1.807) is 12.1 Å². The second kappa shape index (κ2) is 5.60. The van der Waals surface area contributed by atoms with Crippen molar-refractivity contribution in [3.05, 3.63) is 52.6 Å². The predicted molar refractivity (Wildman–Crippen MR) is 80.3 cm³/mol. The third-order valence-electron chi connectivity index (χ3n) is 3.75. The second-order valence-corrected chi connectivity index (χ2v) is 5.11. The van der Waals surface area contributed by atoms with E-state index in [9.17, 15) is 19.2 Å². The molecular weight excluding hydrogens is 298 g/mol. The summed E-state index contributed by atoms with van der Waals surface area (Å²) in [5.41, 5.74) is 1.17. The van der Waals surface area contributed by atoms with E-state index in [0.29, 0.717) is 30.1 Å². The van der Waals surface area contributed by atoms with Gasteiger partial charge in [0.15, 0.2) is 12.6 Å². The summed E-state index contributed by atoms with van der Waals surface area (Å²) < 4.78 is 1.02. The van der Waals surface area contributed by atoms with Gasteiger partial charge in [-0.1, -0.05) is 25.5 Å². The Balaban J connectivity index is 2.14. The third-order valence-corrected chi connectivity index (χ3v) is 3.75. The highest BCUT2D eigenvalue weighted by Gasteiger charge is 2.39. The number of rotatable bonds is 5. The molecule has 0 unspecified atom stereocenters. The molecule has 0 saturated carbocycles. The molecule has 0 radical (unpaired) electrons. The van der Waals surface area contributed by atoms with Crippen molar-refractivity contribution in [1.29, 1.82) is 0 Å². The largest absolute Gasteiger partial charge is 0.296 e. The van der Waals surface area contributed by atoms with Gasteiger partial charge in [-0.3, -0.25) is 19.2 Å². The summed E-state index contributed by atoms with van der Waals surface area (Å²) in [6, 6.07) is 5.11. The van der Waals surface area contributed by atoms with Crippen LogP contribution in [0.15, 0.2) is 24.5 Å². The number of nitrogens with zero attached hydrogens (tertiary/aromatic N) is 3. The van der Waals surface area contributed by atoms with E-state index < -0.39 is 11.8 Å². The van der Waals surface area contributed by atoms with Crippen LogP contribution >= 0.6 is 0 Å². The summed E-state index contributed by atoms with van der Waals surface area (Å²) in [4.78, 5) is 51.2. The average molecular weight is 311 g/mol. The number of carbonyl (C=O) groups excluding carboxylic acids is 4. The molecule has 23 heavy (non-hydrogen) atoms. The van der Waals surface area contributed by atoms with Crippen LogP contribution in [0, 0.1) is 0 Å². The first kappa shape index (κ1) is 14.8. The number of hydrogen-bond donors (Lipinski definition) is 0. The fourth-order valence-corrected chi connectivity index (χ4v) is 2.74. The molecule has 2 amide bonds. The summed E-state index contributed by atoms with van der Waals surface area (Å²) in [5.74, 6) is -1.06. The van der Waals surface area contributed by atoms with E-state index in [2.05, 4.69) is 4.98 Å². The molecule has 1 aromatic heterocycles. The zero-order chi connectivity index (χ0) is 16.6. The van der Waals surface area contributed by atoms with Crippen LogP contribution in [0.3, 0.4) is 0 Å². The number of aromatic nitrogens is 2. The molecule has 0 N–H and O–H groups in total. The molecule has 1 aliphatic heterocycles. The zero-order valence-electron chi connectivity index (χ0n) is 12.4. The van der Waals surface area contributed by atoms with Crippen molar-refractivity contribution < 1.29 is 19.2 Å². The summed E-state index contributed by atoms with van der Waals surface area (Å²) in [6.07, 6.45) is 3.42. The highest BCUT2D eigenvalue weighted by Crippen LogP contribution is 2.26. The number of imide groups is 1. The lowest BCUT2D eigenvalue weighted by Crippen LogP contribution is -2.40.